The van der Waals surface area contributed by atoms with E-state index in [1.807, 2.05) is 32.9 Å². The summed E-state index contributed by atoms with van der Waals surface area (Å²) in [5.74, 6) is 1.10. The molecule has 2 heterocycles. The number of fused-ring (bicyclic) bond motifs is 1. The van der Waals surface area contributed by atoms with Gasteiger partial charge in [-0.3, -0.25) is 4.79 Å². The normalized spacial score (nSPS) is 11.0. The Hall–Kier alpha value is -2.47. The van der Waals surface area contributed by atoms with Gasteiger partial charge in [0.15, 0.2) is 5.82 Å². The number of benzene rings is 1. The van der Waals surface area contributed by atoms with Crippen LogP contribution in [-0.2, 0) is 11.2 Å². The van der Waals surface area contributed by atoms with Gasteiger partial charge in [0, 0.05) is 34.1 Å². The summed E-state index contributed by atoms with van der Waals surface area (Å²) in [6.45, 7) is 6.53. The quantitative estimate of drug-likeness (QED) is 0.761. The van der Waals surface area contributed by atoms with Gasteiger partial charge in [0.05, 0.1) is 6.42 Å². The average Bonchev–Trinajstić information content (AvgIpc) is 3.01. The Morgan fingerprint density at radius 2 is 1.92 bits per heavy atom. The summed E-state index contributed by atoms with van der Waals surface area (Å²) in [5.41, 5.74) is 3.43. The molecule has 130 valence electrons. The third-order valence-electron chi connectivity index (χ3n) is 4.06. The molecule has 2 aromatic heterocycles. The molecule has 25 heavy (non-hydrogen) atoms. The van der Waals surface area contributed by atoms with Crippen molar-refractivity contribution in [1.29, 1.82) is 0 Å². The van der Waals surface area contributed by atoms with Gasteiger partial charge in [0.1, 0.15) is 0 Å². The van der Waals surface area contributed by atoms with E-state index in [9.17, 15) is 4.79 Å². The maximum Gasteiger partial charge on any atom is 0.253 e. The fourth-order valence-corrected chi connectivity index (χ4v) is 2.80. The number of halogens is 1. The second-order valence-electron chi connectivity index (χ2n) is 5.94. The van der Waals surface area contributed by atoms with Crippen molar-refractivity contribution in [2.45, 2.75) is 33.6 Å². The third kappa shape index (κ3) is 3.64. The highest BCUT2D eigenvalue weighted by atomic mass is 35.5. The van der Waals surface area contributed by atoms with Crippen LogP contribution in [0, 0.1) is 13.8 Å². The summed E-state index contributed by atoms with van der Waals surface area (Å²) in [4.78, 5) is 21.1. The van der Waals surface area contributed by atoms with E-state index in [-0.39, 0.29) is 12.3 Å². The molecule has 1 aromatic carbocycles. The molecule has 0 saturated carbocycles. The number of carbonyl (C=O) groups is 1. The topological polar surface area (TPSA) is 72.2 Å². The molecule has 0 aliphatic rings. The highest BCUT2D eigenvalue weighted by Crippen LogP contribution is 2.21. The molecule has 6 nitrogen and oxygen atoms in total. The van der Waals surface area contributed by atoms with Crippen molar-refractivity contribution in [2.24, 2.45) is 0 Å². The fourth-order valence-electron chi connectivity index (χ4n) is 2.67. The lowest BCUT2D eigenvalue weighted by molar-refractivity contribution is -0.120. The first kappa shape index (κ1) is 17.4. The first-order valence-electron chi connectivity index (χ1n) is 8.25. The molecular formula is C18H20ClN5O. The highest BCUT2D eigenvalue weighted by Gasteiger charge is 2.16. The van der Waals surface area contributed by atoms with E-state index in [1.165, 1.54) is 0 Å². The van der Waals surface area contributed by atoms with Gasteiger partial charge in [-0.2, -0.15) is 4.98 Å². The minimum absolute atomic E-state index is 0.00719. The smallest absolute Gasteiger partial charge is 0.253 e. The molecule has 0 aliphatic heterocycles. The van der Waals surface area contributed by atoms with Gasteiger partial charge in [-0.25, -0.2) is 9.50 Å². The molecule has 0 bridgehead atoms. The summed E-state index contributed by atoms with van der Waals surface area (Å²) >= 11 is 5.93. The predicted octanol–water partition coefficient (Wildman–Crippen LogP) is 3.13. The zero-order valence-corrected chi connectivity index (χ0v) is 15.3. The number of nitrogens with zero attached hydrogens (tertiary/aromatic N) is 4. The molecule has 0 unspecified atom stereocenters. The monoisotopic (exact) mass is 357 g/mol. The van der Waals surface area contributed by atoms with E-state index in [2.05, 4.69) is 20.4 Å². The van der Waals surface area contributed by atoms with Crippen molar-refractivity contribution in [3.63, 3.8) is 0 Å². The Balaban J connectivity index is 1.98. The zero-order chi connectivity index (χ0) is 18.0. The SMILES string of the molecule is CCCNC(=O)Cc1c(C)nc2nc(-c3ccc(Cl)cc3)nn2c1C. The van der Waals surface area contributed by atoms with Crippen molar-refractivity contribution >= 4 is 23.3 Å². The van der Waals surface area contributed by atoms with Crippen molar-refractivity contribution < 1.29 is 4.79 Å². The number of aromatic nitrogens is 4. The van der Waals surface area contributed by atoms with Crippen LogP contribution in [-0.4, -0.2) is 32.0 Å². The molecular weight excluding hydrogens is 338 g/mol. The molecule has 1 N–H and O–H groups in total. The number of rotatable bonds is 5. The minimum atomic E-state index is -0.00719. The Morgan fingerprint density at radius 1 is 1.20 bits per heavy atom. The van der Waals surface area contributed by atoms with E-state index in [0.717, 1.165) is 28.9 Å². The van der Waals surface area contributed by atoms with Crippen LogP contribution in [0.25, 0.3) is 17.2 Å². The van der Waals surface area contributed by atoms with Crippen LogP contribution in [0.2, 0.25) is 5.02 Å². The number of carbonyl (C=O) groups excluding carboxylic acids is 1. The van der Waals surface area contributed by atoms with Gasteiger partial charge in [-0.15, -0.1) is 5.10 Å². The molecule has 0 atom stereocenters. The van der Waals surface area contributed by atoms with E-state index < -0.39 is 0 Å². The number of hydrogen-bond acceptors (Lipinski definition) is 4. The molecule has 0 spiro atoms. The molecule has 1 amide bonds. The van der Waals surface area contributed by atoms with E-state index in [0.29, 0.717) is 23.2 Å². The lowest BCUT2D eigenvalue weighted by Crippen LogP contribution is -2.26. The highest BCUT2D eigenvalue weighted by molar-refractivity contribution is 6.30. The second kappa shape index (κ2) is 7.19. The van der Waals surface area contributed by atoms with Gasteiger partial charge in [0.25, 0.3) is 5.78 Å². The summed E-state index contributed by atoms with van der Waals surface area (Å²) in [6, 6.07) is 7.35. The summed E-state index contributed by atoms with van der Waals surface area (Å²) in [5, 5.41) is 8.11. The van der Waals surface area contributed by atoms with Crippen molar-refractivity contribution in [3.05, 3.63) is 46.2 Å². The molecule has 0 aliphatic carbocycles. The maximum atomic E-state index is 12.1. The van der Waals surface area contributed by atoms with E-state index in [1.54, 1.807) is 16.6 Å². The van der Waals surface area contributed by atoms with Gasteiger partial charge >= 0.3 is 0 Å². The number of amides is 1. The van der Waals surface area contributed by atoms with Gasteiger partial charge < -0.3 is 5.32 Å². The number of hydrogen-bond donors (Lipinski definition) is 1. The molecule has 7 heteroatoms. The third-order valence-corrected chi connectivity index (χ3v) is 4.31. The zero-order valence-electron chi connectivity index (χ0n) is 14.5. The number of nitrogens with one attached hydrogen (secondary N) is 1. The second-order valence-corrected chi connectivity index (χ2v) is 6.38. The Morgan fingerprint density at radius 3 is 2.60 bits per heavy atom. The van der Waals surface area contributed by atoms with Crippen molar-refractivity contribution in [3.8, 4) is 11.4 Å². The van der Waals surface area contributed by atoms with Crippen LogP contribution >= 0.6 is 11.6 Å². The summed E-state index contributed by atoms with van der Waals surface area (Å²) in [6.07, 6.45) is 1.20. The van der Waals surface area contributed by atoms with E-state index in [4.69, 9.17) is 11.6 Å². The maximum absolute atomic E-state index is 12.1. The minimum Gasteiger partial charge on any atom is -0.356 e. The van der Waals surface area contributed by atoms with Crippen LogP contribution in [0.5, 0.6) is 0 Å². The first-order valence-corrected chi connectivity index (χ1v) is 8.63. The standard InChI is InChI=1S/C18H20ClN5O/c1-4-9-20-16(25)10-15-11(2)21-18-22-17(23-24(18)12(15)3)13-5-7-14(19)8-6-13/h5-8H,4,9-10H2,1-3H3,(H,20,25). The lowest BCUT2D eigenvalue weighted by atomic mass is 10.1. The van der Waals surface area contributed by atoms with E-state index >= 15 is 0 Å². The van der Waals surface area contributed by atoms with Crippen molar-refractivity contribution in [1.82, 2.24) is 24.9 Å². The predicted molar refractivity (Wildman–Crippen MR) is 97.7 cm³/mol. The molecule has 0 fully saturated rings. The lowest BCUT2D eigenvalue weighted by Gasteiger charge is -2.10. The average molecular weight is 358 g/mol. The Bertz CT molecular complexity index is 917. The number of aryl methyl sites for hydroxylation is 2. The summed E-state index contributed by atoms with van der Waals surface area (Å²) < 4.78 is 1.69. The first-order chi connectivity index (χ1) is 12.0. The van der Waals surface area contributed by atoms with Gasteiger partial charge in [-0.05, 0) is 44.5 Å². The van der Waals surface area contributed by atoms with Gasteiger partial charge in [-0.1, -0.05) is 18.5 Å². The molecule has 0 saturated heterocycles. The van der Waals surface area contributed by atoms with Crippen molar-refractivity contribution in [2.75, 3.05) is 6.54 Å². The Kier molecular flexibility index (Phi) is 4.99. The van der Waals surface area contributed by atoms with Crippen LogP contribution < -0.4 is 5.32 Å². The summed E-state index contributed by atoms with van der Waals surface area (Å²) in [7, 11) is 0. The van der Waals surface area contributed by atoms with Crippen LogP contribution in [0.4, 0.5) is 0 Å². The van der Waals surface area contributed by atoms with Crippen LogP contribution in [0.1, 0.15) is 30.3 Å². The molecule has 3 rings (SSSR count). The molecule has 3 aromatic rings. The van der Waals surface area contributed by atoms with Crippen LogP contribution in [0.3, 0.4) is 0 Å². The van der Waals surface area contributed by atoms with Crippen LogP contribution in [0.15, 0.2) is 24.3 Å². The Labute approximate surface area is 151 Å². The fraction of sp³-hybridized carbons (Fsp3) is 0.333. The molecule has 0 radical (unpaired) electrons. The van der Waals surface area contributed by atoms with Gasteiger partial charge in [0.2, 0.25) is 5.91 Å². The largest absolute Gasteiger partial charge is 0.356 e.